The Kier molecular flexibility index (Phi) is 5.89. The molecule has 7 nitrogen and oxygen atoms in total. The molecule has 3 amide bonds. The first-order valence-corrected chi connectivity index (χ1v) is 10.1. The number of hydrogen-bond acceptors (Lipinski definition) is 5. The average molecular weight is 430 g/mol. The molecule has 0 spiro atoms. The first kappa shape index (κ1) is 21.1. The Bertz CT molecular complexity index is 1230. The van der Waals surface area contributed by atoms with Gasteiger partial charge in [0.1, 0.15) is 24.6 Å². The minimum absolute atomic E-state index is 0.0652. The van der Waals surface area contributed by atoms with Gasteiger partial charge in [-0.1, -0.05) is 60.2 Å². The normalized spacial score (nSPS) is 14.7. The highest BCUT2D eigenvalue weighted by molar-refractivity contribution is 6.16. The van der Waals surface area contributed by atoms with Gasteiger partial charge in [-0.15, -0.1) is 0 Å². The molecule has 1 heterocycles. The van der Waals surface area contributed by atoms with Crippen LogP contribution in [0.15, 0.2) is 66.4 Å². The number of nitrogens with one attached hydrogen (secondary N) is 1. The van der Waals surface area contributed by atoms with Gasteiger partial charge in [0.25, 0.3) is 5.91 Å². The number of methoxy groups -OCH3 is 1. The van der Waals surface area contributed by atoms with E-state index in [1.807, 2.05) is 67.6 Å². The number of ether oxygens (including phenoxy) is 2. The van der Waals surface area contributed by atoms with E-state index < -0.39 is 24.5 Å². The monoisotopic (exact) mass is 430 g/mol. The number of benzene rings is 3. The van der Waals surface area contributed by atoms with E-state index in [2.05, 4.69) is 10.1 Å². The van der Waals surface area contributed by atoms with Crippen molar-refractivity contribution in [3.05, 3.63) is 83.1 Å². The molecular formula is C25H22N2O5. The van der Waals surface area contributed by atoms with Gasteiger partial charge in [0.15, 0.2) is 0 Å². The Morgan fingerprint density at radius 3 is 2.53 bits per heavy atom. The maximum absolute atomic E-state index is 12.8. The van der Waals surface area contributed by atoms with Gasteiger partial charge in [-0.25, -0.2) is 9.69 Å². The summed E-state index contributed by atoms with van der Waals surface area (Å²) in [5, 5.41) is 4.37. The molecule has 7 heteroatoms. The number of fused-ring (bicyclic) bond motifs is 1. The van der Waals surface area contributed by atoms with Crippen molar-refractivity contribution >= 4 is 34.8 Å². The van der Waals surface area contributed by atoms with E-state index in [4.69, 9.17) is 4.74 Å². The summed E-state index contributed by atoms with van der Waals surface area (Å²) < 4.78 is 10.7. The minimum atomic E-state index is -0.679. The second-order valence-corrected chi connectivity index (χ2v) is 7.43. The number of amides is 3. The Hall–Kier alpha value is -4.13. The molecule has 1 fully saturated rings. The first-order chi connectivity index (χ1) is 15.5. The zero-order chi connectivity index (χ0) is 22.7. The maximum atomic E-state index is 12.8. The number of imide groups is 1. The lowest BCUT2D eigenvalue weighted by Gasteiger charge is -2.13. The van der Waals surface area contributed by atoms with Crippen LogP contribution in [-0.2, 0) is 20.9 Å². The zero-order valence-corrected chi connectivity index (χ0v) is 17.8. The highest BCUT2D eigenvalue weighted by Crippen LogP contribution is 2.31. The highest BCUT2D eigenvalue weighted by Gasteiger charge is 2.35. The quantitative estimate of drug-likeness (QED) is 0.365. The summed E-state index contributed by atoms with van der Waals surface area (Å²) in [5.41, 5.74) is 2.91. The van der Waals surface area contributed by atoms with Crippen LogP contribution in [0.1, 0.15) is 16.7 Å². The molecule has 0 radical (unpaired) electrons. The van der Waals surface area contributed by atoms with Gasteiger partial charge >= 0.3 is 12.0 Å². The van der Waals surface area contributed by atoms with Crippen molar-refractivity contribution in [1.82, 2.24) is 10.2 Å². The van der Waals surface area contributed by atoms with Crippen LogP contribution in [0.5, 0.6) is 5.75 Å². The average Bonchev–Trinajstić information content (AvgIpc) is 3.06. The standard InChI is InChI=1S/C25H22N2O5/c1-16-7-9-17(10-8-16)15-32-22-12-11-18-5-3-4-6-19(18)20(22)13-21-24(29)27(25(30)26-21)14-23(28)31-2/h3-13H,14-15H2,1-2H3,(H,26,30)/b21-13+. The number of rotatable bonds is 6. The van der Waals surface area contributed by atoms with E-state index in [-0.39, 0.29) is 5.70 Å². The summed E-state index contributed by atoms with van der Waals surface area (Å²) >= 11 is 0. The SMILES string of the molecule is COC(=O)CN1C(=O)N/C(=C/c2c(OCc3ccc(C)cc3)ccc3ccccc23)C1=O. The predicted molar refractivity (Wildman–Crippen MR) is 120 cm³/mol. The van der Waals surface area contributed by atoms with Gasteiger partial charge in [0, 0.05) is 5.56 Å². The summed E-state index contributed by atoms with van der Waals surface area (Å²) in [4.78, 5) is 37.4. The van der Waals surface area contributed by atoms with Gasteiger partial charge < -0.3 is 14.8 Å². The Morgan fingerprint density at radius 2 is 1.78 bits per heavy atom. The Balaban J connectivity index is 1.69. The fraction of sp³-hybridized carbons (Fsp3) is 0.160. The topological polar surface area (TPSA) is 84.9 Å². The summed E-state index contributed by atoms with van der Waals surface area (Å²) in [6.07, 6.45) is 1.59. The summed E-state index contributed by atoms with van der Waals surface area (Å²) in [5.74, 6) is -0.704. The first-order valence-electron chi connectivity index (χ1n) is 10.1. The van der Waals surface area contributed by atoms with Crippen LogP contribution in [0.4, 0.5) is 4.79 Å². The van der Waals surface area contributed by atoms with Crippen molar-refractivity contribution in [1.29, 1.82) is 0 Å². The van der Waals surface area contributed by atoms with Crippen LogP contribution < -0.4 is 10.1 Å². The van der Waals surface area contributed by atoms with Gasteiger partial charge in [0.05, 0.1) is 7.11 Å². The molecule has 4 rings (SSSR count). The molecule has 3 aromatic carbocycles. The zero-order valence-electron chi connectivity index (χ0n) is 17.8. The number of carbonyl (C=O) groups excluding carboxylic acids is 3. The van der Waals surface area contributed by atoms with E-state index in [9.17, 15) is 14.4 Å². The molecule has 162 valence electrons. The summed E-state index contributed by atoms with van der Waals surface area (Å²) in [7, 11) is 1.20. The molecular weight excluding hydrogens is 408 g/mol. The molecule has 1 N–H and O–H groups in total. The molecule has 0 unspecified atom stereocenters. The van der Waals surface area contributed by atoms with Gasteiger partial charge in [0.2, 0.25) is 0 Å². The van der Waals surface area contributed by atoms with Crippen LogP contribution in [0, 0.1) is 6.92 Å². The number of carbonyl (C=O) groups is 3. The molecule has 1 aliphatic heterocycles. The maximum Gasteiger partial charge on any atom is 0.329 e. The van der Waals surface area contributed by atoms with E-state index in [0.717, 1.165) is 26.8 Å². The molecule has 0 aromatic heterocycles. The highest BCUT2D eigenvalue weighted by atomic mass is 16.5. The van der Waals surface area contributed by atoms with Gasteiger partial charge in [-0.3, -0.25) is 9.59 Å². The fourth-order valence-corrected chi connectivity index (χ4v) is 3.45. The third-order valence-electron chi connectivity index (χ3n) is 5.21. The fourth-order valence-electron chi connectivity index (χ4n) is 3.45. The Morgan fingerprint density at radius 1 is 1.03 bits per heavy atom. The number of hydrogen-bond donors (Lipinski definition) is 1. The van der Waals surface area contributed by atoms with Gasteiger partial charge in [-0.05, 0) is 35.4 Å². The molecule has 32 heavy (non-hydrogen) atoms. The second kappa shape index (κ2) is 8.93. The van der Waals surface area contributed by atoms with Crippen molar-refractivity contribution in [3.63, 3.8) is 0 Å². The molecule has 1 aliphatic rings. The van der Waals surface area contributed by atoms with E-state index >= 15 is 0 Å². The van der Waals surface area contributed by atoms with Crippen molar-refractivity contribution in [2.75, 3.05) is 13.7 Å². The van der Waals surface area contributed by atoms with Crippen molar-refractivity contribution < 1.29 is 23.9 Å². The second-order valence-electron chi connectivity index (χ2n) is 7.43. The minimum Gasteiger partial charge on any atom is -0.488 e. The number of aryl methyl sites for hydroxylation is 1. The van der Waals surface area contributed by atoms with E-state index in [1.54, 1.807) is 6.08 Å². The van der Waals surface area contributed by atoms with Crippen LogP contribution >= 0.6 is 0 Å². The summed E-state index contributed by atoms with van der Waals surface area (Å²) in [6, 6.07) is 18.9. The molecule has 0 atom stereocenters. The molecule has 0 bridgehead atoms. The lowest BCUT2D eigenvalue weighted by atomic mass is 10.0. The van der Waals surface area contributed by atoms with Crippen molar-refractivity contribution in [2.45, 2.75) is 13.5 Å². The van der Waals surface area contributed by atoms with E-state index in [0.29, 0.717) is 17.9 Å². The lowest BCUT2D eigenvalue weighted by molar-refractivity contribution is -0.143. The number of urea groups is 1. The smallest absolute Gasteiger partial charge is 0.329 e. The molecule has 1 saturated heterocycles. The third kappa shape index (κ3) is 4.32. The predicted octanol–water partition coefficient (Wildman–Crippen LogP) is 3.79. The molecule has 0 saturated carbocycles. The third-order valence-corrected chi connectivity index (χ3v) is 5.21. The Labute approximate surface area is 185 Å². The van der Waals surface area contributed by atoms with Crippen molar-refractivity contribution in [2.24, 2.45) is 0 Å². The van der Waals surface area contributed by atoms with Crippen molar-refractivity contribution in [3.8, 4) is 5.75 Å². The summed E-state index contributed by atoms with van der Waals surface area (Å²) in [6.45, 7) is 1.92. The van der Waals surface area contributed by atoms with E-state index in [1.165, 1.54) is 7.11 Å². The largest absolute Gasteiger partial charge is 0.488 e. The number of nitrogens with zero attached hydrogens (tertiary/aromatic N) is 1. The van der Waals surface area contributed by atoms with Gasteiger partial charge in [-0.2, -0.15) is 0 Å². The van der Waals surface area contributed by atoms with Crippen LogP contribution in [0.2, 0.25) is 0 Å². The molecule has 0 aliphatic carbocycles. The number of esters is 1. The molecule has 3 aromatic rings. The lowest BCUT2D eigenvalue weighted by Crippen LogP contribution is -2.36. The van der Waals surface area contributed by atoms with Crippen LogP contribution in [0.25, 0.3) is 16.8 Å². The van der Waals surface area contributed by atoms with Crippen LogP contribution in [-0.4, -0.2) is 36.5 Å². The van der Waals surface area contributed by atoms with Crippen LogP contribution in [0.3, 0.4) is 0 Å².